The molecular weight excluding hydrogens is 386 g/mol. The summed E-state index contributed by atoms with van der Waals surface area (Å²) in [5.41, 5.74) is 11.3. The molecule has 0 saturated carbocycles. The van der Waals surface area contributed by atoms with Crippen molar-refractivity contribution in [1.29, 1.82) is 0 Å². The third kappa shape index (κ3) is 3.86. The first-order valence-corrected chi connectivity index (χ1v) is 10.7. The minimum atomic E-state index is -0.514. The molecule has 0 atom stereocenters. The van der Waals surface area contributed by atoms with Crippen molar-refractivity contribution in [2.45, 2.75) is 19.9 Å². The summed E-state index contributed by atoms with van der Waals surface area (Å²) in [6.45, 7) is 5.17. The number of carbonyl (C=O) groups is 1. The molecule has 31 heavy (non-hydrogen) atoms. The van der Waals surface area contributed by atoms with E-state index in [4.69, 9.17) is 5.73 Å². The molecule has 1 aliphatic heterocycles. The van der Waals surface area contributed by atoms with Crippen LogP contribution in [0.5, 0.6) is 0 Å². The zero-order valence-electron chi connectivity index (χ0n) is 18.0. The van der Waals surface area contributed by atoms with Crippen molar-refractivity contribution in [2.75, 3.05) is 20.1 Å². The van der Waals surface area contributed by atoms with Crippen LogP contribution in [0, 0.1) is 12.8 Å². The first-order chi connectivity index (χ1) is 15.0. The van der Waals surface area contributed by atoms with Gasteiger partial charge in [0, 0.05) is 42.4 Å². The SMILES string of the molecule is Cc1cc(C(N)=O)nn1-c1ccc2c(ccn2Cc2ccc(CC3CN(C)C3)cc2)c1. The topological polar surface area (TPSA) is 69.1 Å². The van der Waals surface area contributed by atoms with Gasteiger partial charge in [-0.1, -0.05) is 24.3 Å². The maximum atomic E-state index is 11.4. The van der Waals surface area contributed by atoms with Crippen LogP contribution in [-0.4, -0.2) is 45.3 Å². The lowest BCUT2D eigenvalue weighted by Crippen LogP contribution is -2.44. The molecule has 0 unspecified atom stereocenters. The summed E-state index contributed by atoms with van der Waals surface area (Å²) in [5.74, 6) is 0.288. The fourth-order valence-corrected chi connectivity index (χ4v) is 4.58. The van der Waals surface area contributed by atoms with Gasteiger partial charge in [-0.15, -0.1) is 0 Å². The zero-order valence-corrected chi connectivity index (χ0v) is 18.0. The summed E-state index contributed by atoms with van der Waals surface area (Å²) in [7, 11) is 2.18. The van der Waals surface area contributed by atoms with E-state index in [1.807, 2.05) is 13.0 Å². The molecule has 0 aliphatic carbocycles. The first kappa shape index (κ1) is 19.6. The number of nitrogens with zero attached hydrogens (tertiary/aromatic N) is 4. The number of aryl methyl sites for hydroxylation is 1. The quantitative estimate of drug-likeness (QED) is 0.527. The number of benzene rings is 2. The molecule has 1 aliphatic rings. The molecule has 3 heterocycles. The molecule has 5 rings (SSSR count). The highest BCUT2D eigenvalue weighted by Crippen LogP contribution is 2.23. The Labute approximate surface area is 181 Å². The van der Waals surface area contributed by atoms with Gasteiger partial charge < -0.3 is 15.2 Å². The molecular formula is C25H27N5O. The highest BCUT2D eigenvalue weighted by atomic mass is 16.1. The Morgan fingerprint density at radius 3 is 2.48 bits per heavy atom. The van der Waals surface area contributed by atoms with Crippen LogP contribution in [0.4, 0.5) is 0 Å². The van der Waals surface area contributed by atoms with E-state index in [0.29, 0.717) is 0 Å². The second kappa shape index (κ2) is 7.71. The number of rotatable bonds is 6. The van der Waals surface area contributed by atoms with Crippen molar-refractivity contribution in [2.24, 2.45) is 11.7 Å². The average molecular weight is 414 g/mol. The summed E-state index contributed by atoms with van der Waals surface area (Å²) >= 11 is 0. The number of fused-ring (bicyclic) bond motifs is 1. The maximum Gasteiger partial charge on any atom is 0.269 e. The number of nitrogens with two attached hydrogens (primary N) is 1. The predicted octanol–water partition coefficient (Wildman–Crippen LogP) is 3.39. The van der Waals surface area contributed by atoms with E-state index in [0.717, 1.165) is 29.2 Å². The van der Waals surface area contributed by atoms with E-state index < -0.39 is 5.91 Å². The molecule has 2 N–H and O–H groups in total. The van der Waals surface area contributed by atoms with Crippen molar-refractivity contribution in [1.82, 2.24) is 19.2 Å². The van der Waals surface area contributed by atoms with Crippen molar-refractivity contribution in [3.8, 4) is 5.69 Å². The fraction of sp³-hybridized carbons (Fsp3) is 0.280. The summed E-state index contributed by atoms with van der Waals surface area (Å²) in [5, 5.41) is 5.47. The van der Waals surface area contributed by atoms with Gasteiger partial charge in [-0.2, -0.15) is 5.10 Å². The Morgan fingerprint density at radius 2 is 1.81 bits per heavy atom. The van der Waals surface area contributed by atoms with Crippen molar-refractivity contribution in [3.63, 3.8) is 0 Å². The molecule has 1 fully saturated rings. The van der Waals surface area contributed by atoms with E-state index in [1.54, 1.807) is 10.7 Å². The Kier molecular flexibility index (Phi) is 4.87. The summed E-state index contributed by atoms with van der Waals surface area (Å²) < 4.78 is 4.02. The molecule has 1 amide bonds. The maximum absolute atomic E-state index is 11.4. The van der Waals surface area contributed by atoms with E-state index >= 15 is 0 Å². The minimum Gasteiger partial charge on any atom is -0.364 e. The zero-order chi connectivity index (χ0) is 21.5. The van der Waals surface area contributed by atoms with E-state index in [-0.39, 0.29) is 5.69 Å². The van der Waals surface area contributed by atoms with Crippen LogP contribution in [0.3, 0.4) is 0 Å². The Bertz CT molecular complexity index is 1240. The van der Waals surface area contributed by atoms with Crippen molar-refractivity contribution in [3.05, 3.63) is 83.3 Å². The number of amides is 1. The standard InChI is InChI=1S/C25H27N5O/c1-17-11-23(25(26)31)27-30(17)22-7-8-24-21(13-22)9-10-29(24)16-19-5-3-18(4-6-19)12-20-14-28(2)15-20/h3-11,13,20H,12,14-16H2,1-2H3,(H2,26,31). The van der Waals surface area contributed by atoms with Crippen LogP contribution in [0.25, 0.3) is 16.6 Å². The molecule has 0 spiro atoms. The van der Waals surface area contributed by atoms with Crippen LogP contribution in [0.2, 0.25) is 0 Å². The second-order valence-corrected chi connectivity index (χ2v) is 8.74. The summed E-state index contributed by atoms with van der Waals surface area (Å²) in [6, 6.07) is 19.1. The van der Waals surface area contributed by atoms with Crippen molar-refractivity contribution < 1.29 is 4.79 Å². The van der Waals surface area contributed by atoms with Gasteiger partial charge in [-0.05, 0) is 67.8 Å². The molecule has 1 saturated heterocycles. The largest absolute Gasteiger partial charge is 0.364 e. The number of hydrogen-bond donors (Lipinski definition) is 1. The number of likely N-dealkylation sites (tertiary alicyclic amines) is 1. The van der Waals surface area contributed by atoms with Gasteiger partial charge >= 0.3 is 0 Å². The third-order valence-corrected chi connectivity index (χ3v) is 6.18. The predicted molar refractivity (Wildman–Crippen MR) is 123 cm³/mol. The van der Waals surface area contributed by atoms with Crippen LogP contribution in [0.15, 0.2) is 60.8 Å². The van der Waals surface area contributed by atoms with Crippen LogP contribution in [-0.2, 0) is 13.0 Å². The molecule has 0 radical (unpaired) electrons. The highest BCUT2D eigenvalue weighted by Gasteiger charge is 2.22. The Hall–Kier alpha value is -3.38. The number of hydrogen-bond acceptors (Lipinski definition) is 3. The lowest BCUT2D eigenvalue weighted by atomic mass is 9.92. The molecule has 0 bridgehead atoms. The summed E-state index contributed by atoms with van der Waals surface area (Å²) in [6.07, 6.45) is 3.29. The number of aromatic nitrogens is 3. The van der Waals surface area contributed by atoms with Gasteiger partial charge in [-0.25, -0.2) is 4.68 Å². The van der Waals surface area contributed by atoms with E-state index in [9.17, 15) is 4.79 Å². The van der Waals surface area contributed by atoms with Crippen LogP contribution in [0.1, 0.15) is 27.3 Å². The van der Waals surface area contributed by atoms with E-state index in [2.05, 4.69) is 70.3 Å². The van der Waals surface area contributed by atoms with Gasteiger partial charge in [0.2, 0.25) is 0 Å². The minimum absolute atomic E-state index is 0.281. The second-order valence-electron chi connectivity index (χ2n) is 8.74. The Morgan fingerprint density at radius 1 is 1.06 bits per heavy atom. The average Bonchev–Trinajstić information content (AvgIpc) is 3.31. The fourth-order valence-electron chi connectivity index (χ4n) is 4.58. The monoisotopic (exact) mass is 413 g/mol. The molecule has 4 aromatic rings. The van der Waals surface area contributed by atoms with Crippen LogP contribution >= 0.6 is 0 Å². The third-order valence-electron chi connectivity index (χ3n) is 6.18. The van der Waals surface area contributed by atoms with Gasteiger partial charge in [0.25, 0.3) is 5.91 Å². The number of primary amides is 1. The Balaban J connectivity index is 1.34. The van der Waals surface area contributed by atoms with Crippen molar-refractivity contribution >= 4 is 16.8 Å². The number of carbonyl (C=O) groups excluding carboxylic acids is 1. The van der Waals surface area contributed by atoms with E-state index in [1.165, 1.54) is 36.2 Å². The van der Waals surface area contributed by atoms with Gasteiger partial charge in [0.15, 0.2) is 5.69 Å². The van der Waals surface area contributed by atoms with Gasteiger partial charge in [0.1, 0.15) is 0 Å². The molecule has 2 aromatic heterocycles. The smallest absolute Gasteiger partial charge is 0.269 e. The molecule has 6 nitrogen and oxygen atoms in total. The molecule has 2 aromatic carbocycles. The summed E-state index contributed by atoms with van der Waals surface area (Å²) in [4.78, 5) is 13.8. The molecule has 158 valence electrons. The molecule has 6 heteroatoms. The lowest BCUT2D eigenvalue weighted by molar-refractivity contribution is 0.0995. The van der Waals surface area contributed by atoms with Crippen LogP contribution < -0.4 is 5.73 Å². The van der Waals surface area contributed by atoms with Gasteiger partial charge in [-0.3, -0.25) is 4.79 Å². The lowest BCUT2D eigenvalue weighted by Gasteiger charge is -2.36. The highest BCUT2D eigenvalue weighted by molar-refractivity contribution is 5.91. The van der Waals surface area contributed by atoms with Gasteiger partial charge in [0.05, 0.1) is 5.69 Å². The normalized spacial score (nSPS) is 14.8. The first-order valence-electron chi connectivity index (χ1n) is 10.7.